The number of rotatable bonds is 20. The summed E-state index contributed by atoms with van der Waals surface area (Å²) in [5.74, 6) is -18.5. The van der Waals surface area contributed by atoms with Gasteiger partial charge in [-0.2, -0.15) is 47.4 Å². The number of methoxy groups -OCH3 is 2. The summed E-state index contributed by atoms with van der Waals surface area (Å²) in [4.78, 5) is 66.2. The van der Waals surface area contributed by atoms with Gasteiger partial charge >= 0.3 is 117 Å². The van der Waals surface area contributed by atoms with Crippen LogP contribution >= 0.6 is 136 Å². The van der Waals surface area contributed by atoms with E-state index in [0.717, 1.165) is 56.5 Å². The van der Waals surface area contributed by atoms with Crippen molar-refractivity contribution < 1.29 is 226 Å². The molecule has 595 valence electrons. The van der Waals surface area contributed by atoms with Gasteiger partial charge in [-0.3, -0.25) is 14.4 Å². The number of halogens is 17. The van der Waals surface area contributed by atoms with E-state index >= 15 is 0 Å². The number of carboxylic acid groups (broad SMARTS) is 1. The summed E-state index contributed by atoms with van der Waals surface area (Å²) in [7, 11) is 2.33. The number of hydrogen-bond donors (Lipinski definition) is 4. The van der Waals surface area contributed by atoms with Crippen LogP contribution in [0.5, 0.6) is 34.5 Å². The number of ketones is 2. The van der Waals surface area contributed by atoms with Crippen molar-refractivity contribution in [3.63, 3.8) is 0 Å². The first-order valence-corrected chi connectivity index (χ1v) is 34.2. The third kappa shape index (κ3) is 43.1. The number of esters is 2. The number of benzene rings is 6. The molecule has 6 aromatic carbocycles. The standard InChI is InChI=1S/C13H14BrF3O3.C13H14BrFO4.C12H12BrF3O3.C9H10BrFO2.C9H8BrFO2.C7H4BrFO2.C2H5.BrH.Mg.Mn.2Na.H2O.2O.3H2S/c1-4-13(16,17)9-5-8(14)6-10(15)11(9)20-7(2)12(18)19-3;1-4-11(16)9-5-8(14)6-10(15)12(9)19-7(2)13(17)18-3;1-3-12(15,16)8-4-7(13)5-9(14)10(8)19-6(2)11(17)18;2*1-2-8(12)6-3-5(10)4-7(11)9(6)13;8-5-1-4(3-10)7(11)6(9)2-5;1-2;;;;;;;;;;;/h5-7H,4H2,1-3H3;5-7H,4H2,1-3H3;4-6H,3H2,1-2H3,(H,17,18);3-4,8,12-13H,2H2,1H3;3-4,13H,2H2,1H3;1-3,11H;1H2,2H3;1H;;;;;1H2;;;3*1H2/q;;;;;;-1;;+2;;2*+1;;;;;;/p-3/t2*7-;6-;;;;;;;;;;;;;;;/m000.............../s1. The van der Waals surface area contributed by atoms with Crippen LogP contribution in [0.15, 0.2) is 99.6 Å². The van der Waals surface area contributed by atoms with Crippen LogP contribution in [0.1, 0.15) is 148 Å². The maximum atomic E-state index is 13.9. The molecule has 0 aromatic heterocycles. The minimum absolute atomic E-state index is 0. The SMILES string of the molecule is CCC(=O)c1cc(Br)cc(F)c1O.CCC(=O)c1cc(Br)cc(F)c1O[C@@H](C)C(=O)OC.CCC(F)(F)c1cc(Br)cc(F)c1O[C@@H](C)C(=O)OC.CCC(F)(F)c1cc(Br)cc(F)c1O[C@@H](C)C(=O)[O-].CCC(O)c1cc(Br)cc(F)c1O.O=Cc1cc(Br)cc(F)c1O.S.S.S.[Br-].[CH2-]C.[Mg+2].[Na+].[Na+].[OH-].[O]=[Mn]=[O]. The number of carboxylic acids is 1. The molecule has 0 aliphatic rings. The van der Waals surface area contributed by atoms with Crippen molar-refractivity contribution >= 4 is 195 Å². The number of phenolic OH excluding ortho intramolecular Hbond substituents is 3. The van der Waals surface area contributed by atoms with E-state index in [2.05, 4.69) is 112 Å². The molecule has 0 aliphatic carbocycles. The fraction of sp³-hybridized carbons (Fsp3) is 0.338. The molecular weight excluding hydrogens is 2060 g/mol. The fourth-order valence-electron chi connectivity index (χ4n) is 7.07. The van der Waals surface area contributed by atoms with Gasteiger partial charge in [0.15, 0.2) is 99.5 Å². The van der Waals surface area contributed by atoms with E-state index in [-0.39, 0.29) is 206 Å². The minimum atomic E-state index is -3.33. The van der Waals surface area contributed by atoms with Gasteiger partial charge in [0.05, 0.1) is 54.1 Å². The number of aliphatic carboxylic acids is 1. The van der Waals surface area contributed by atoms with Crippen LogP contribution in [0.3, 0.4) is 0 Å². The van der Waals surface area contributed by atoms with Gasteiger partial charge in [-0.1, -0.05) is 130 Å². The van der Waals surface area contributed by atoms with Crippen LogP contribution in [-0.2, 0) is 58.2 Å². The molecule has 6 rings (SSSR count). The van der Waals surface area contributed by atoms with Gasteiger partial charge in [-0.15, -0.1) is 0 Å². The first-order valence-electron chi connectivity index (χ1n) is 28.4. The number of ether oxygens (including phenoxy) is 5. The van der Waals surface area contributed by atoms with E-state index in [1.54, 1.807) is 27.7 Å². The van der Waals surface area contributed by atoms with E-state index < -0.39 is 157 Å². The number of carbonyl (C=O) groups is 6. The summed E-state index contributed by atoms with van der Waals surface area (Å²) in [5.41, 5.74) is -1.02. The molecule has 0 saturated carbocycles. The summed E-state index contributed by atoms with van der Waals surface area (Å²) in [5, 5.41) is 47.3. The van der Waals surface area contributed by atoms with Crippen LogP contribution < -0.4 is 95.4 Å². The predicted molar refractivity (Wildman–Crippen MR) is 398 cm³/mol. The summed E-state index contributed by atoms with van der Waals surface area (Å²) < 4.78 is 178. The normalized spacial score (nSPS) is 10.7. The zero-order chi connectivity index (χ0) is 78.0. The van der Waals surface area contributed by atoms with Crippen LogP contribution in [0.2, 0.25) is 0 Å². The summed E-state index contributed by atoms with van der Waals surface area (Å²) in [6.07, 6.45) is -4.38. The van der Waals surface area contributed by atoms with Crippen LogP contribution in [-0.4, -0.2) is 117 Å². The number of aliphatic hydroxyl groups excluding tert-OH is 1. The molecule has 19 nitrogen and oxygen atoms in total. The van der Waals surface area contributed by atoms with Gasteiger partial charge in [0.25, 0.3) is 11.8 Å². The summed E-state index contributed by atoms with van der Waals surface area (Å²) in [6.45, 7) is 16.4. The summed E-state index contributed by atoms with van der Waals surface area (Å²) in [6, 6.07) is 14.2. The molecule has 108 heavy (non-hydrogen) atoms. The van der Waals surface area contributed by atoms with Crippen molar-refractivity contribution in [2.45, 2.75) is 131 Å². The van der Waals surface area contributed by atoms with E-state index in [9.17, 15) is 93.1 Å². The van der Waals surface area contributed by atoms with Gasteiger partial charge in [-0.05, 0) is 100.0 Å². The number of hydrogen-bond acceptors (Lipinski definition) is 19. The molecule has 0 bridgehead atoms. The van der Waals surface area contributed by atoms with E-state index in [1.165, 1.54) is 65.1 Å². The van der Waals surface area contributed by atoms with Gasteiger partial charge in [-0.25, -0.2) is 53.5 Å². The van der Waals surface area contributed by atoms with Crippen molar-refractivity contribution in [1.29, 1.82) is 0 Å². The average molecular weight is 2130 g/mol. The Bertz CT molecular complexity index is 3830. The fourth-order valence-corrected chi connectivity index (χ4v) is 9.69. The predicted octanol–water partition coefficient (Wildman–Crippen LogP) is 8.88. The number of aromatic hydroxyl groups is 3. The monoisotopic (exact) mass is 2120 g/mol. The zero-order valence-corrected chi connectivity index (χ0v) is 80.2. The van der Waals surface area contributed by atoms with Gasteiger partial charge < -0.3 is 83.4 Å². The molecule has 0 spiro atoms. The Morgan fingerprint density at radius 1 is 0.519 bits per heavy atom. The second-order valence-corrected chi connectivity index (χ2v) is 24.8. The van der Waals surface area contributed by atoms with E-state index in [4.69, 9.17) is 27.0 Å². The molecule has 0 fully saturated rings. The second kappa shape index (κ2) is 64.3. The first-order chi connectivity index (χ1) is 46.5. The maximum absolute atomic E-state index is 13.9. The van der Waals surface area contributed by atoms with E-state index in [0.29, 0.717) is 30.6 Å². The molecule has 0 radical (unpaired) electrons. The summed E-state index contributed by atoms with van der Waals surface area (Å²) >= 11 is 16.6. The van der Waals surface area contributed by atoms with Gasteiger partial charge in [0.1, 0.15) is 6.10 Å². The van der Waals surface area contributed by atoms with Crippen molar-refractivity contribution in [3.05, 3.63) is 175 Å². The number of carbonyl (C=O) groups excluding carboxylic acids is 6. The molecule has 43 heteroatoms. The third-order valence-electron chi connectivity index (χ3n) is 12.2. The van der Waals surface area contributed by atoms with Crippen molar-refractivity contribution in [3.8, 4) is 34.5 Å². The number of aliphatic hydroxyl groups is 1. The second-order valence-electron chi connectivity index (χ2n) is 19.1. The van der Waals surface area contributed by atoms with Gasteiger partial charge in [0, 0.05) is 58.1 Å². The Morgan fingerprint density at radius 3 is 1.14 bits per heavy atom. The third-order valence-corrected chi connectivity index (χ3v) is 15.0. The molecule has 5 N–H and O–H groups in total. The molecule has 4 atom stereocenters. The molecule has 0 saturated heterocycles. The Morgan fingerprint density at radius 2 is 0.806 bits per heavy atom. The topological polar surface area (TPSA) is 317 Å². The molecule has 1 unspecified atom stereocenters. The van der Waals surface area contributed by atoms with Gasteiger partial charge in [0.2, 0.25) is 0 Å². The van der Waals surface area contributed by atoms with Crippen LogP contribution in [0.25, 0.3) is 0 Å². The average Bonchev–Trinajstić information content (AvgIpc) is 0.804. The number of alkyl halides is 4. The Balaban J connectivity index is -0.000000131. The molecule has 0 amide bonds. The quantitative estimate of drug-likeness (QED) is 0.0138. The Kier molecular flexibility index (Phi) is 75.5. The molecule has 0 heterocycles. The first kappa shape index (κ1) is 127. The number of Topliss-reactive ketones (excluding diaryl/α,β-unsaturated/α-hetero) is 2. The number of phenols is 3. The number of aldehydes is 1. The molecular formula is C65H73Br7F10MgMnNa2O19S3. The zero-order valence-electron chi connectivity index (χ0n) is 59.5. The Labute approximate surface area is 765 Å². The van der Waals surface area contributed by atoms with Crippen molar-refractivity contribution in [2.75, 3.05) is 14.2 Å². The Hall–Kier alpha value is -1.94. The van der Waals surface area contributed by atoms with E-state index in [1.807, 2.05) is 0 Å². The van der Waals surface area contributed by atoms with Crippen molar-refractivity contribution in [2.24, 2.45) is 0 Å². The van der Waals surface area contributed by atoms with Crippen LogP contribution in [0.4, 0.5) is 43.9 Å². The molecule has 6 aromatic rings. The molecule has 0 aliphatic heterocycles. The van der Waals surface area contributed by atoms with Crippen LogP contribution in [0, 0.1) is 41.8 Å². The van der Waals surface area contributed by atoms with Crippen molar-refractivity contribution in [1.82, 2.24) is 0 Å².